The number of carboxylic acid groups (broad SMARTS) is 1. The molecule has 15 nitrogen and oxygen atoms in total. The quantitative estimate of drug-likeness (QED) is 0.0446. The fourth-order valence-corrected chi connectivity index (χ4v) is 7.36. The first-order valence-corrected chi connectivity index (χ1v) is 22.6. The van der Waals surface area contributed by atoms with Gasteiger partial charge in [-0.25, -0.2) is 4.79 Å². The van der Waals surface area contributed by atoms with Gasteiger partial charge in [-0.15, -0.1) is 0 Å². The van der Waals surface area contributed by atoms with E-state index in [9.17, 15) is 41.9 Å². The van der Waals surface area contributed by atoms with E-state index in [0.717, 1.165) is 11.1 Å². The number of carboxylic acids is 1. The molecule has 10 N–H and O–H groups in total. The van der Waals surface area contributed by atoms with E-state index in [-0.39, 0.29) is 35.8 Å². The number of nitrogens with one attached hydrogen (secondary N) is 5. The normalized spacial score (nSPS) is 12.6. The summed E-state index contributed by atoms with van der Waals surface area (Å²) in [5.74, 6) is -6.37. The zero-order valence-corrected chi connectivity index (χ0v) is 39.4. The minimum Gasteiger partial charge on any atom is -0.475 e. The molecule has 0 aliphatic carbocycles. The highest BCUT2D eigenvalue weighted by Crippen LogP contribution is 2.34. The molecule has 4 atom stereocenters. The van der Waals surface area contributed by atoms with Crippen molar-refractivity contribution >= 4 is 52.8 Å². The van der Waals surface area contributed by atoms with E-state index in [1.807, 2.05) is 84.9 Å². The lowest BCUT2D eigenvalue weighted by Crippen LogP contribution is -2.55. The molecule has 72 heavy (non-hydrogen) atoms. The standard InChI is InChI=1S/C52H53N7O6.C2HF3O2/c1-32(2)46(47(54)60)59-52(65)45(31-35-20-8-5-9-21-35)58-50(63)41-27-13-11-23-37(41)36-22-10-12-26-40(36)49(62)57-44(30-34-18-6-4-7-19-34)51(64)56-43-29-17-15-25-39(43)38-24-14-16-28-42(38)55-48(61)33(3)53;3-2(4,5)1(6)7/h4-29,32-33,44-46H,30-31,53H2,1-3H3,(H2,54,60)(H,55,61)(H,56,64)(H,57,62)(H,58,63)(H,59,65);(H,6,7)/t33-,44-,45-,46-;/m0./s1. The second kappa shape index (κ2) is 25.3. The predicted molar refractivity (Wildman–Crippen MR) is 267 cm³/mol. The molecule has 6 aromatic rings. The van der Waals surface area contributed by atoms with Gasteiger partial charge in [0.05, 0.1) is 6.04 Å². The Balaban J connectivity index is 0.00000128. The molecule has 0 saturated carbocycles. The third kappa shape index (κ3) is 15.2. The minimum absolute atomic E-state index is 0.120. The largest absolute Gasteiger partial charge is 0.490 e. The number of amides is 6. The molecule has 0 spiro atoms. The molecule has 0 radical (unpaired) electrons. The van der Waals surface area contributed by atoms with Gasteiger partial charge in [0.2, 0.25) is 23.6 Å². The molecule has 0 aromatic heterocycles. The zero-order valence-electron chi connectivity index (χ0n) is 39.4. The summed E-state index contributed by atoms with van der Waals surface area (Å²) in [7, 11) is 0. The van der Waals surface area contributed by atoms with Crippen LogP contribution in [0.1, 0.15) is 52.6 Å². The van der Waals surface area contributed by atoms with Crippen LogP contribution in [0, 0.1) is 5.92 Å². The van der Waals surface area contributed by atoms with E-state index in [4.69, 9.17) is 21.4 Å². The van der Waals surface area contributed by atoms with E-state index in [1.165, 1.54) is 0 Å². The van der Waals surface area contributed by atoms with Crippen LogP contribution < -0.4 is 38.1 Å². The fourth-order valence-electron chi connectivity index (χ4n) is 7.36. The number of carbonyl (C=O) groups excluding carboxylic acids is 6. The lowest BCUT2D eigenvalue weighted by molar-refractivity contribution is -0.192. The second-order valence-corrected chi connectivity index (χ2v) is 16.8. The summed E-state index contributed by atoms with van der Waals surface area (Å²) in [6.45, 7) is 5.11. The SMILES string of the molecule is CC(C)[C@H](NC(=O)[C@H](Cc1ccccc1)NC(=O)c1ccccc1-c1ccccc1C(=O)N[C@@H](Cc1ccccc1)C(=O)Nc1ccccc1-c1ccccc1NC(=O)[C@H](C)N)C(N)=O.O=C(O)C(F)(F)F. The molecule has 0 aliphatic rings. The highest BCUT2D eigenvalue weighted by Gasteiger charge is 2.38. The maximum absolute atomic E-state index is 14.5. The summed E-state index contributed by atoms with van der Waals surface area (Å²) in [6, 6.07) is 42.3. The Morgan fingerprint density at radius 3 is 1.22 bits per heavy atom. The topological polar surface area (TPSA) is 252 Å². The monoisotopic (exact) mass is 985 g/mol. The summed E-state index contributed by atoms with van der Waals surface area (Å²) in [6.07, 6.45) is -4.82. The number of aliphatic carboxylic acids is 1. The molecule has 0 saturated heterocycles. The van der Waals surface area contributed by atoms with Crippen LogP contribution in [0.3, 0.4) is 0 Å². The molecule has 0 aliphatic heterocycles. The van der Waals surface area contributed by atoms with Crippen LogP contribution in [0.2, 0.25) is 0 Å². The van der Waals surface area contributed by atoms with Gasteiger partial charge in [-0.1, -0.05) is 147 Å². The summed E-state index contributed by atoms with van der Waals surface area (Å²) in [5, 5.41) is 21.6. The van der Waals surface area contributed by atoms with Crippen LogP contribution in [-0.2, 0) is 36.8 Å². The van der Waals surface area contributed by atoms with E-state index < -0.39 is 65.8 Å². The van der Waals surface area contributed by atoms with Crippen molar-refractivity contribution in [2.75, 3.05) is 10.6 Å². The van der Waals surface area contributed by atoms with Crippen molar-refractivity contribution in [1.82, 2.24) is 16.0 Å². The first-order valence-electron chi connectivity index (χ1n) is 22.6. The Morgan fingerprint density at radius 2 is 0.847 bits per heavy atom. The average molecular weight is 986 g/mol. The number of halogens is 3. The number of rotatable bonds is 18. The highest BCUT2D eigenvalue weighted by molar-refractivity contribution is 6.09. The van der Waals surface area contributed by atoms with Crippen molar-refractivity contribution in [2.24, 2.45) is 17.4 Å². The van der Waals surface area contributed by atoms with E-state index in [0.29, 0.717) is 33.6 Å². The van der Waals surface area contributed by atoms with Crippen LogP contribution in [0.15, 0.2) is 158 Å². The summed E-state index contributed by atoms with van der Waals surface area (Å²) in [4.78, 5) is 90.7. The number of hydrogen-bond acceptors (Lipinski definition) is 8. The molecule has 0 bridgehead atoms. The molecule has 6 aromatic carbocycles. The first-order chi connectivity index (χ1) is 34.2. The Morgan fingerprint density at radius 1 is 0.500 bits per heavy atom. The minimum atomic E-state index is -5.08. The molecule has 6 rings (SSSR count). The molecule has 374 valence electrons. The van der Waals surface area contributed by atoms with Crippen LogP contribution in [0.4, 0.5) is 24.5 Å². The van der Waals surface area contributed by atoms with Crippen LogP contribution >= 0.6 is 0 Å². The lowest BCUT2D eigenvalue weighted by atomic mass is 9.93. The molecule has 0 fully saturated rings. The second-order valence-electron chi connectivity index (χ2n) is 16.8. The number of alkyl halides is 3. The van der Waals surface area contributed by atoms with Crippen LogP contribution in [0.5, 0.6) is 0 Å². The predicted octanol–water partition coefficient (Wildman–Crippen LogP) is 6.89. The van der Waals surface area contributed by atoms with Crippen molar-refractivity contribution in [3.63, 3.8) is 0 Å². The van der Waals surface area contributed by atoms with Crippen molar-refractivity contribution in [3.8, 4) is 22.3 Å². The summed E-state index contributed by atoms with van der Waals surface area (Å²) >= 11 is 0. The van der Waals surface area contributed by atoms with Gasteiger partial charge in [0, 0.05) is 46.5 Å². The van der Waals surface area contributed by atoms with Gasteiger partial charge < -0.3 is 43.2 Å². The number of para-hydroxylation sites is 2. The maximum Gasteiger partial charge on any atom is 0.490 e. The Bertz CT molecular complexity index is 2880. The van der Waals surface area contributed by atoms with Crippen molar-refractivity contribution in [1.29, 1.82) is 0 Å². The molecular weight excluding hydrogens is 932 g/mol. The van der Waals surface area contributed by atoms with Gasteiger partial charge in [-0.2, -0.15) is 13.2 Å². The molecule has 18 heteroatoms. The average Bonchev–Trinajstić information content (AvgIpc) is 3.35. The summed E-state index contributed by atoms with van der Waals surface area (Å²) < 4.78 is 31.7. The molecule has 6 amide bonds. The number of carbonyl (C=O) groups is 7. The van der Waals surface area contributed by atoms with E-state index >= 15 is 0 Å². The van der Waals surface area contributed by atoms with Crippen LogP contribution in [0.25, 0.3) is 22.3 Å². The van der Waals surface area contributed by atoms with Gasteiger partial charge >= 0.3 is 12.1 Å². The Hall–Kier alpha value is -8.64. The maximum atomic E-state index is 14.5. The highest BCUT2D eigenvalue weighted by atomic mass is 19.4. The zero-order chi connectivity index (χ0) is 52.5. The van der Waals surface area contributed by atoms with Gasteiger partial charge in [0.15, 0.2) is 0 Å². The van der Waals surface area contributed by atoms with Gasteiger partial charge in [-0.3, -0.25) is 28.8 Å². The van der Waals surface area contributed by atoms with E-state index in [1.54, 1.807) is 93.6 Å². The van der Waals surface area contributed by atoms with Gasteiger partial charge in [0.1, 0.15) is 18.1 Å². The number of nitrogens with two attached hydrogens (primary N) is 2. The van der Waals surface area contributed by atoms with Gasteiger partial charge in [-0.05, 0) is 59.4 Å². The Labute approximate surface area is 413 Å². The Kier molecular flexibility index (Phi) is 19.1. The third-order valence-electron chi connectivity index (χ3n) is 11.0. The van der Waals surface area contributed by atoms with Crippen molar-refractivity contribution in [3.05, 3.63) is 180 Å². The lowest BCUT2D eigenvalue weighted by Gasteiger charge is -2.24. The fraction of sp³-hybridized carbons (Fsp3) is 0.204. The number of hydrogen-bond donors (Lipinski definition) is 8. The van der Waals surface area contributed by atoms with E-state index in [2.05, 4.69) is 26.6 Å². The number of anilines is 2. The van der Waals surface area contributed by atoms with Gasteiger partial charge in [0.25, 0.3) is 11.8 Å². The number of primary amides is 1. The molecule has 0 heterocycles. The van der Waals surface area contributed by atoms with Crippen molar-refractivity contribution < 1.29 is 51.8 Å². The first kappa shape index (κ1) is 54.3. The smallest absolute Gasteiger partial charge is 0.475 e. The molecule has 0 unspecified atom stereocenters. The molecular formula is C54H54F3N7O8. The third-order valence-corrected chi connectivity index (χ3v) is 11.0. The van der Waals surface area contributed by atoms with Crippen molar-refractivity contribution in [2.45, 2.75) is 64.0 Å². The van der Waals surface area contributed by atoms with Crippen LogP contribution in [-0.4, -0.2) is 76.9 Å². The summed E-state index contributed by atoms with van der Waals surface area (Å²) in [5.41, 5.74) is 16.4. The number of benzene rings is 6.